The van der Waals surface area contributed by atoms with Gasteiger partial charge in [0.15, 0.2) is 5.69 Å². The molecule has 2 aromatic rings. The van der Waals surface area contributed by atoms with Gasteiger partial charge < -0.3 is 30.9 Å². The number of β-amino-alcohol motifs (C(OH)–C–C–N with tert-alkyl or cyclic N) is 1. The molecule has 0 unspecified atom stereocenters. The predicted octanol–water partition coefficient (Wildman–Crippen LogP) is 0.991. The number of anilines is 2. The highest BCUT2D eigenvalue weighted by atomic mass is 79.9. The molecule has 34 heavy (non-hydrogen) atoms. The van der Waals surface area contributed by atoms with Crippen LogP contribution >= 0.6 is 27.5 Å². The molecule has 2 aliphatic rings. The lowest BCUT2D eigenvalue weighted by molar-refractivity contribution is -0.0855. The Morgan fingerprint density at radius 1 is 1.24 bits per heavy atom. The molecule has 0 spiro atoms. The molecule has 1 saturated heterocycles. The van der Waals surface area contributed by atoms with Crippen molar-refractivity contribution in [2.45, 2.75) is 43.1 Å². The van der Waals surface area contributed by atoms with Crippen molar-refractivity contribution >= 4 is 44.8 Å². The van der Waals surface area contributed by atoms with Crippen LogP contribution in [0.25, 0.3) is 0 Å². The lowest BCUT2D eigenvalue weighted by Gasteiger charge is -2.46. The number of aromatic nitrogens is 2. The van der Waals surface area contributed by atoms with Crippen LogP contribution in [0.5, 0.6) is 0 Å². The standard InChI is InChI=1S/C22H27BrClN5O5/c1-28-19(32)9-16(26-15-3-2-12(23)6-14(15)24)20(27-28)21(33)29-10-22(34,11-29)4-5-25-13-7-17(30)18(31)8-13/h2-3,6,9,13,17-18,25-26,30-31,34H,4-5,7-8,10-11H2,1H3/t13-,17+,18-. The number of aliphatic hydroxyl groups excluding tert-OH is 2. The molecule has 2 fully saturated rings. The van der Waals surface area contributed by atoms with E-state index in [9.17, 15) is 24.9 Å². The highest BCUT2D eigenvalue weighted by Crippen LogP contribution is 2.31. The van der Waals surface area contributed by atoms with Crippen LogP contribution in [-0.2, 0) is 7.05 Å². The molecule has 12 heteroatoms. The molecule has 0 radical (unpaired) electrons. The van der Waals surface area contributed by atoms with Crippen LogP contribution < -0.4 is 16.2 Å². The number of carbonyl (C=O) groups excluding carboxylic acids is 1. The quantitative estimate of drug-likeness (QED) is 0.340. The van der Waals surface area contributed by atoms with Gasteiger partial charge in [-0.05, 0) is 44.0 Å². The Bertz CT molecular complexity index is 1130. The second-order valence-electron chi connectivity index (χ2n) is 9.01. The van der Waals surface area contributed by atoms with Crippen LogP contribution in [0, 0.1) is 0 Å². The number of amides is 1. The van der Waals surface area contributed by atoms with E-state index in [0.717, 1.165) is 9.15 Å². The summed E-state index contributed by atoms with van der Waals surface area (Å²) in [5.74, 6) is -0.411. The van der Waals surface area contributed by atoms with Gasteiger partial charge in [0.05, 0.1) is 41.7 Å². The van der Waals surface area contributed by atoms with Crippen molar-refractivity contribution in [3.8, 4) is 0 Å². The van der Waals surface area contributed by atoms with Crippen molar-refractivity contribution in [1.82, 2.24) is 20.0 Å². The number of hydrogen-bond acceptors (Lipinski definition) is 8. The summed E-state index contributed by atoms with van der Waals surface area (Å²) in [7, 11) is 1.46. The number of halogens is 2. The van der Waals surface area contributed by atoms with Gasteiger partial charge in [-0.1, -0.05) is 27.5 Å². The minimum absolute atomic E-state index is 0.000263. The van der Waals surface area contributed by atoms with Gasteiger partial charge in [0.2, 0.25) is 0 Å². The third-order valence-corrected chi connectivity index (χ3v) is 7.08. The lowest BCUT2D eigenvalue weighted by Crippen LogP contribution is -2.64. The Labute approximate surface area is 209 Å². The molecule has 1 saturated carbocycles. The molecular weight excluding hydrogens is 530 g/mol. The largest absolute Gasteiger partial charge is 0.390 e. The van der Waals surface area contributed by atoms with Crippen LogP contribution in [0.3, 0.4) is 0 Å². The molecule has 1 aromatic heterocycles. The highest BCUT2D eigenvalue weighted by molar-refractivity contribution is 9.10. The highest BCUT2D eigenvalue weighted by Gasteiger charge is 2.44. The number of aliphatic hydroxyl groups is 3. The molecule has 184 valence electrons. The number of hydrogen-bond donors (Lipinski definition) is 5. The summed E-state index contributed by atoms with van der Waals surface area (Å²) in [6.07, 6.45) is -0.0786. The van der Waals surface area contributed by atoms with Crippen molar-refractivity contribution in [3.63, 3.8) is 0 Å². The summed E-state index contributed by atoms with van der Waals surface area (Å²) in [6.45, 7) is 0.758. The van der Waals surface area contributed by atoms with E-state index >= 15 is 0 Å². The third kappa shape index (κ3) is 5.45. The van der Waals surface area contributed by atoms with E-state index in [0.29, 0.717) is 36.5 Å². The maximum Gasteiger partial charge on any atom is 0.276 e. The summed E-state index contributed by atoms with van der Waals surface area (Å²) in [4.78, 5) is 26.8. The lowest BCUT2D eigenvalue weighted by atomic mass is 9.90. The van der Waals surface area contributed by atoms with E-state index < -0.39 is 23.7 Å². The summed E-state index contributed by atoms with van der Waals surface area (Å²) < 4.78 is 1.87. The second kappa shape index (κ2) is 9.92. The fourth-order valence-electron chi connectivity index (χ4n) is 4.31. The molecule has 3 atom stereocenters. The molecule has 5 N–H and O–H groups in total. The van der Waals surface area contributed by atoms with Crippen LogP contribution in [0.2, 0.25) is 5.02 Å². The molecular formula is C22H27BrClN5O5. The summed E-state index contributed by atoms with van der Waals surface area (Å²) >= 11 is 9.61. The van der Waals surface area contributed by atoms with E-state index in [1.165, 1.54) is 18.0 Å². The number of nitrogens with zero attached hydrogens (tertiary/aromatic N) is 3. The van der Waals surface area contributed by atoms with Gasteiger partial charge in [-0.15, -0.1) is 0 Å². The Balaban J connectivity index is 1.40. The fraction of sp³-hybridized carbons (Fsp3) is 0.500. The summed E-state index contributed by atoms with van der Waals surface area (Å²) in [5, 5.41) is 40.9. The monoisotopic (exact) mass is 555 g/mol. The first-order chi connectivity index (χ1) is 16.0. The van der Waals surface area contributed by atoms with E-state index in [1.54, 1.807) is 18.2 Å². The van der Waals surface area contributed by atoms with Gasteiger partial charge in [0, 0.05) is 23.6 Å². The van der Waals surface area contributed by atoms with E-state index in [-0.39, 0.29) is 36.1 Å². The Morgan fingerprint density at radius 3 is 2.56 bits per heavy atom. The maximum absolute atomic E-state index is 13.2. The zero-order chi connectivity index (χ0) is 24.6. The van der Waals surface area contributed by atoms with E-state index in [2.05, 4.69) is 31.7 Å². The molecule has 0 bridgehead atoms. The summed E-state index contributed by atoms with van der Waals surface area (Å²) in [6, 6.07) is 6.48. The van der Waals surface area contributed by atoms with Gasteiger partial charge in [-0.25, -0.2) is 4.68 Å². The Hall–Kier alpha value is -2.02. The third-order valence-electron chi connectivity index (χ3n) is 6.27. The smallest absolute Gasteiger partial charge is 0.276 e. The zero-order valence-electron chi connectivity index (χ0n) is 18.5. The first-order valence-corrected chi connectivity index (χ1v) is 12.1. The average molecular weight is 557 g/mol. The zero-order valence-corrected chi connectivity index (χ0v) is 20.9. The van der Waals surface area contributed by atoms with Crippen molar-refractivity contribution in [3.05, 3.63) is 49.8 Å². The molecule has 4 rings (SSSR count). The predicted molar refractivity (Wildman–Crippen MR) is 130 cm³/mol. The summed E-state index contributed by atoms with van der Waals surface area (Å²) in [5.41, 5.74) is -0.632. The number of nitrogens with one attached hydrogen (secondary N) is 2. The normalized spacial score (nSPS) is 23.6. The van der Waals surface area contributed by atoms with Crippen LogP contribution in [0.1, 0.15) is 29.8 Å². The van der Waals surface area contributed by atoms with Gasteiger partial charge in [0.25, 0.3) is 11.5 Å². The van der Waals surface area contributed by atoms with E-state index in [1.807, 2.05) is 0 Å². The molecule has 1 aromatic carbocycles. The number of benzene rings is 1. The first kappa shape index (κ1) is 25.1. The van der Waals surface area contributed by atoms with Crippen LogP contribution in [0.15, 0.2) is 33.5 Å². The van der Waals surface area contributed by atoms with E-state index in [4.69, 9.17) is 11.6 Å². The topological polar surface area (TPSA) is 140 Å². The van der Waals surface area contributed by atoms with Gasteiger partial charge >= 0.3 is 0 Å². The average Bonchev–Trinajstić information content (AvgIpc) is 3.07. The molecule has 1 amide bonds. The van der Waals surface area contributed by atoms with Gasteiger partial charge in [-0.2, -0.15) is 5.10 Å². The number of rotatable bonds is 7. The van der Waals surface area contributed by atoms with Crippen molar-refractivity contribution in [2.24, 2.45) is 7.05 Å². The Kier molecular flexibility index (Phi) is 7.32. The molecule has 1 aliphatic heterocycles. The minimum Gasteiger partial charge on any atom is -0.390 e. The Morgan fingerprint density at radius 2 is 1.91 bits per heavy atom. The van der Waals surface area contributed by atoms with Crippen LogP contribution in [0.4, 0.5) is 11.4 Å². The number of carbonyl (C=O) groups is 1. The number of likely N-dealkylation sites (tertiary alicyclic amines) is 1. The van der Waals surface area contributed by atoms with Crippen molar-refractivity contribution in [1.29, 1.82) is 0 Å². The number of aryl methyl sites for hydroxylation is 1. The van der Waals surface area contributed by atoms with Crippen molar-refractivity contribution < 1.29 is 20.1 Å². The molecule has 1 aliphatic carbocycles. The molecule has 10 nitrogen and oxygen atoms in total. The first-order valence-electron chi connectivity index (χ1n) is 11.0. The van der Waals surface area contributed by atoms with Crippen molar-refractivity contribution in [2.75, 3.05) is 25.0 Å². The van der Waals surface area contributed by atoms with Gasteiger partial charge in [0.1, 0.15) is 5.60 Å². The SMILES string of the molecule is Cn1nc(C(=O)N2CC(O)(CCN[C@H]3C[C@@H](O)[C@@H](O)C3)C2)c(Nc2ccc(Br)cc2Cl)cc1=O. The fourth-order valence-corrected chi connectivity index (χ4v) is 5.03. The minimum atomic E-state index is -1.04. The molecule has 2 heterocycles. The maximum atomic E-state index is 13.2. The van der Waals surface area contributed by atoms with Gasteiger partial charge in [-0.3, -0.25) is 9.59 Å². The van der Waals surface area contributed by atoms with Crippen LogP contribution in [-0.4, -0.2) is 79.4 Å². The second-order valence-corrected chi connectivity index (χ2v) is 10.3.